The van der Waals surface area contributed by atoms with Crippen LogP contribution in [-0.4, -0.2) is 30.1 Å². The third kappa shape index (κ3) is 4.96. The summed E-state index contributed by atoms with van der Waals surface area (Å²) in [6, 6.07) is 24.1. The first-order valence-electron chi connectivity index (χ1n) is 12.9. The molecule has 0 bridgehead atoms. The topological polar surface area (TPSA) is 51.5 Å². The molecule has 0 amide bonds. The van der Waals surface area contributed by atoms with Gasteiger partial charge in [0.05, 0.1) is 5.52 Å². The summed E-state index contributed by atoms with van der Waals surface area (Å²) in [6.07, 6.45) is 2.23. The molecule has 0 saturated heterocycles. The fourth-order valence-corrected chi connectivity index (χ4v) is 5.98. The molecule has 1 aliphatic carbocycles. The van der Waals surface area contributed by atoms with Gasteiger partial charge >= 0.3 is 0 Å². The van der Waals surface area contributed by atoms with E-state index in [1.807, 2.05) is 72.8 Å². The number of aryl methyl sites for hydroxylation is 1. The Kier molecular flexibility index (Phi) is 6.98. The summed E-state index contributed by atoms with van der Waals surface area (Å²) >= 11 is 0. The average Bonchev–Trinajstić information content (AvgIpc) is 3.47. The van der Waals surface area contributed by atoms with Crippen molar-refractivity contribution >= 4 is 24.8 Å². The lowest BCUT2D eigenvalue weighted by Crippen LogP contribution is -2.22. The molecule has 1 atom stereocenters. The molecule has 1 aliphatic rings. The standard InChI is InChI=1S/C31H35NO3Si/c1-36(2,3)18-17-35-21-32-28-16-10-15-25(28)26-19-24(30(33)22-11-6-4-7-12-22)20-27(29(26)32)31(34)23-13-8-5-9-14-23/h4-9,11-14,19-20,31,34H,10,15-18,21H2,1-3H3. The van der Waals surface area contributed by atoms with Gasteiger partial charge in [0, 0.05) is 42.5 Å². The summed E-state index contributed by atoms with van der Waals surface area (Å²) in [5.41, 5.74) is 6.42. The predicted molar refractivity (Wildman–Crippen MR) is 148 cm³/mol. The molecule has 0 spiro atoms. The van der Waals surface area contributed by atoms with E-state index in [0.717, 1.165) is 53.9 Å². The SMILES string of the molecule is C[Si](C)(C)CCOCn1c2c(c3cc(C(=O)c4ccccc4)cc(C(O)c4ccccc4)c31)CCC2. The first kappa shape index (κ1) is 24.7. The van der Waals surface area contributed by atoms with Crippen LogP contribution in [0.5, 0.6) is 0 Å². The van der Waals surface area contributed by atoms with Gasteiger partial charge in [0.15, 0.2) is 5.78 Å². The molecule has 1 unspecified atom stereocenters. The van der Waals surface area contributed by atoms with Crippen molar-refractivity contribution in [1.82, 2.24) is 4.57 Å². The van der Waals surface area contributed by atoms with Crippen molar-refractivity contribution in [2.75, 3.05) is 6.61 Å². The Morgan fingerprint density at radius 3 is 2.36 bits per heavy atom. The number of fused-ring (bicyclic) bond motifs is 3. The molecule has 36 heavy (non-hydrogen) atoms. The minimum Gasteiger partial charge on any atom is -0.384 e. The molecule has 4 nitrogen and oxygen atoms in total. The first-order valence-corrected chi connectivity index (χ1v) is 16.6. The van der Waals surface area contributed by atoms with Crippen LogP contribution in [0.2, 0.25) is 25.7 Å². The van der Waals surface area contributed by atoms with Gasteiger partial charge in [-0.15, -0.1) is 0 Å². The third-order valence-corrected chi connectivity index (χ3v) is 8.88. The van der Waals surface area contributed by atoms with E-state index in [1.165, 1.54) is 11.3 Å². The van der Waals surface area contributed by atoms with Crippen LogP contribution in [0.1, 0.15) is 50.8 Å². The molecule has 0 saturated carbocycles. The predicted octanol–water partition coefficient (Wildman–Crippen LogP) is 6.76. The van der Waals surface area contributed by atoms with Crippen molar-refractivity contribution in [3.8, 4) is 0 Å². The van der Waals surface area contributed by atoms with Crippen LogP contribution >= 0.6 is 0 Å². The zero-order chi connectivity index (χ0) is 25.3. The smallest absolute Gasteiger partial charge is 0.193 e. The lowest BCUT2D eigenvalue weighted by molar-refractivity contribution is 0.0883. The molecule has 3 aromatic carbocycles. The van der Waals surface area contributed by atoms with Crippen molar-refractivity contribution in [2.24, 2.45) is 0 Å². The van der Waals surface area contributed by atoms with E-state index in [4.69, 9.17) is 4.74 Å². The lowest BCUT2D eigenvalue weighted by atomic mass is 9.93. The van der Waals surface area contributed by atoms with E-state index in [-0.39, 0.29) is 5.78 Å². The summed E-state index contributed by atoms with van der Waals surface area (Å²) in [7, 11) is -1.19. The van der Waals surface area contributed by atoms with Gasteiger partial charge in [0.25, 0.3) is 0 Å². The van der Waals surface area contributed by atoms with Crippen LogP contribution in [0.3, 0.4) is 0 Å². The molecule has 186 valence electrons. The number of hydrogen-bond acceptors (Lipinski definition) is 3. The zero-order valence-electron chi connectivity index (χ0n) is 21.5. The normalized spacial score (nSPS) is 14.2. The summed E-state index contributed by atoms with van der Waals surface area (Å²) in [5.74, 6) is -0.0232. The number of rotatable bonds is 9. The van der Waals surface area contributed by atoms with Gasteiger partial charge < -0.3 is 14.4 Å². The number of aromatic nitrogens is 1. The van der Waals surface area contributed by atoms with E-state index in [9.17, 15) is 9.90 Å². The Morgan fingerprint density at radius 1 is 0.972 bits per heavy atom. The number of ketones is 1. The van der Waals surface area contributed by atoms with Crippen LogP contribution < -0.4 is 0 Å². The highest BCUT2D eigenvalue weighted by molar-refractivity contribution is 6.76. The third-order valence-electron chi connectivity index (χ3n) is 7.17. The molecular formula is C31H35NO3Si. The quantitative estimate of drug-likeness (QED) is 0.158. The summed E-state index contributed by atoms with van der Waals surface area (Å²) in [4.78, 5) is 13.5. The Balaban J connectivity index is 1.64. The maximum absolute atomic E-state index is 13.5. The maximum atomic E-state index is 13.5. The Morgan fingerprint density at radius 2 is 1.67 bits per heavy atom. The molecule has 5 rings (SSSR count). The van der Waals surface area contributed by atoms with E-state index >= 15 is 0 Å². The number of benzene rings is 3. The molecule has 0 fully saturated rings. The van der Waals surface area contributed by atoms with E-state index in [1.54, 1.807) is 0 Å². The lowest BCUT2D eigenvalue weighted by Gasteiger charge is -2.19. The maximum Gasteiger partial charge on any atom is 0.193 e. The number of carbonyl (C=O) groups is 1. The number of nitrogens with zero attached hydrogens (tertiary/aromatic N) is 1. The van der Waals surface area contributed by atoms with Gasteiger partial charge in [-0.05, 0) is 48.6 Å². The number of aliphatic hydroxyl groups is 1. The molecule has 4 aromatic rings. The Hall–Kier alpha value is -2.99. The second kappa shape index (κ2) is 10.2. The fraction of sp³-hybridized carbons (Fsp3) is 0.323. The molecular weight excluding hydrogens is 462 g/mol. The van der Waals surface area contributed by atoms with Gasteiger partial charge in [0.1, 0.15) is 12.8 Å². The number of hydrogen-bond donors (Lipinski definition) is 1. The molecule has 5 heteroatoms. The summed E-state index contributed by atoms with van der Waals surface area (Å²) in [6.45, 7) is 8.29. The van der Waals surface area contributed by atoms with Crippen molar-refractivity contribution in [2.45, 2.75) is 57.8 Å². The highest BCUT2D eigenvalue weighted by Gasteiger charge is 2.28. The highest BCUT2D eigenvalue weighted by Crippen LogP contribution is 2.39. The highest BCUT2D eigenvalue weighted by atomic mass is 28.3. The van der Waals surface area contributed by atoms with Gasteiger partial charge in [-0.2, -0.15) is 0 Å². The van der Waals surface area contributed by atoms with E-state index in [0.29, 0.717) is 17.9 Å². The average molecular weight is 498 g/mol. The fourth-order valence-electron chi connectivity index (χ4n) is 5.23. The largest absolute Gasteiger partial charge is 0.384 e. The van der Waals surface area contributed by atoms with Crippen molar-refractivity contribution in [3.63, 3.8) is 0 Å². The number of carbonyl (C=O) groups excluding carboxylic acids is 1. The van der Waals surface area contributed by atoms with Crippen molar-refractivity contribution in [3.05, 3.63) is 106 Å². The Labute approximate surface area is 214 Å². The van der Waals surface area contributed by atoms with Gasteiger partial charge in [0.2, 0.25) is 0 Å². The minimum atomic E-state index is -1.19. The van der Waals surface area contributed by atoms with Crippen LogP contribution in [0.25, 0.3) is 10.9 Å². The van der Waals surface area contributed by atoms with Crippen LogP contribution in [0.15, 0.2) is 72.8 Å². The minimum absolute atomic E-state index is 0.0232. The monoisotopic (exact) mass is 497 g/mol. The van der Waals surface area contributed by atoms with Crippen molar-refractivity contribution < 1.29 is 14.6 Å². The molecule has 1 heterocycles. The van der Waals surface area contributed by atoms with Gasteiger partial charge in [-0.25, -0.2) is 0 Å². The molecule has 0 aliphatic heterocycles. The van der Waals surface area contributed by atoms with Crippen LogP contribution in [0, 0.1) is 0 Å². The number of ether oxygens (including phenoxy) is 1. The zero-order valence-corrected chi connectivity index (χ0v) is 22.5. The van der Waals surface area contributed by atoms with Crippen LogP contribution in [-0.2, 0) is 24.3 Å². The first-order chi connectivity index (χ1) is 17.3. The number of aliphatic hydroxyl groups excluding tert-OH is 1. The summed E-state index contributed by atoms with van der Waals surface area (Å²) in [5, 5.41) is 12.7. The molecule has 1 N–H and O–H groups in total. The second-order valence-corrected chi connectivity index (χ2v) is 16.6. The van der Waals surface area contributed by atoms with E-state index < -0.39 is 14.2 Å². The van der Waals surface area contributed by atoms with Gasteiger partial charge in [-0.3, -0.25) is 4.79 Å². The van der Waals surface area contributed by atoms with Crippen LogP contribution in [0.4, 0.5) is 0 Å². The van der Waals surface area contributed by atoms with Crippen molar-refractivity contribution in [1.29, 1.82) is 0 Å². The molecule has 1 aromatic heterocycles. The second-order valence-electron chi connectivity index (χ2n) is 11.0. The summed E-state index contributed by atoms with van der Waals surface area (Å²) < 4.78 is 8.49. The Bertz CT molecular complexity index is 1370. The van der Waals surface area contributed by atoms with Gasteiger partial charge in [-0.1, -0.05) is 80.3 Å². The van der Waals surface area contributed by atoms with E-state index in [2.05, 4.69) is 24.2 Å². The molecule has 0 radical (unpaired) electrons.